The van der Waals surface area contributed by atoms with Gasteiger partial charge in [-0.05, 0) is 62.9 Å². The molecular formula is C30H30FN9O. The molecule has 1 saturated heterocycles. The summed E-state index contributed by atoms with van der Waals surface area (Å²) in [7, 11) is 3.76. The fourth-order valence-electron chi connectivity index (χ4n) is 6.40. The van der Waals surface area contributed by atoms with Crippen LogP contribution >= 0.6 is 0 Å². The van der Waals surface area contributed by atoms with E-state index >= 15 is 4.39 Å². The highest BCUT2D eigenvalue weighted by atomic mass is 19.1. The molecule has 1 fully saturated rings. The smallest absolute Gasteiger partial charge is 0.146 e. The molecule has 1 atom stereocenters. The second kappa shape index (κ2) is 9.84. The van der Waals surface area contributed by atoms with E-state index in [9.17, 15) is 0 Å². The highest BCUT2D eigenvalue weighted by Gasteiger charge is 2.33. The van der Waals surface area contributed by atoms with Crippen molar-refractivity contribution in [3.8, 4) is 22.5 Å². The summed E-state index contributed by atoms with van der Waals surface area (Å²) in [5, 5.41) is 17.9. The monoisotopic (exact) mass is 551 g/mol. The minimum atomic E-state index is -0.371. The molecular weight excluding hydrogens is 521 g/mol. The van der Waals surface area contributed by atoms with E-state index in [0.29, 0.717) is 18.9 Å². The van der Waals surface area contributed by atoms with Crippen LogP contribution < -0.4 is 0 Å². The molecule has 0 bridgehead atoms. The van der Waals surface area contributed by atoms with Crippen molar-refractivity contribution in [3.05, 3.63) is 71.7 Å². The Kier molecular flexibility index (Phi) is 6.11. The van der Waals surface area contributed by atoms with Gasteiger partial charge in [-0.3, -0.25) is 9.97 Å². The predicted octanol–water partition coefficient (Wildman–Crippen LogP) is 4.95. The molecule has 5 aromatic heterocycles. The van der Waals surface area contributed by atoms with Crippen LogP contribution in [0.5, 0.6) is 0 Å². The van der Waals surface area contributed by atoms with Crippen molar-refractivity contribution in [3.63, 3.8) is 0 Å². The van der Waals surface area contributed by atoms with Gasteiger partial charge >= 0.3 is 0 Å². The van der Waals surface area contributed by atoms with Gasteiger partial charge in [-0.2, -0.15) is 0 Å². The van der Waals surface area contributed by atoms with Crippen molar-refractivity contribution >= 4 is 21.9 Å². The number of hydrogen-bond donors (Lipinski definition) is 0. The maximum atomic E-state index is 15.6. The van der Waals surface area contributed by atoms with Crippen molar-refractivity contribution in [2.75, 3.05) is 13.2 Å². The Morgan fingerprint density at radius 3 is 2.22 bits per heavy atom. The molecule has 0 aliphatic carbocycles. The molecule has 6 aromatic rings. The zero-order chi connectivity index (χ0) is 28.2. The fraction of sp³-hybridized carbons (Fsp3) is 0.333. The summed E-state index contributed by atoms with van der Waals surface area (Å²) in [4.78, 5) is 9.60. The third-order valence-corrected chi connectivity index (χ3v) is 8.23. The number of aromatic nitrogens is 9. The minimum absolute atomic E-state index is 0.111. The van der Waals surface area contributed by atoms with Crippen LogP contribution in [0.4, 0.5) is 4.39 Å². The highest BCUT2D eigenvalue weighted by molar-refractivity contribution is 6.07. The first-order valence-corrected chi connectivity index (χ1v) is 13.8. The topological polar surface area (TPSA) is 101 Å². The van der Waals surface area contributed by atoms with Crippen LogP contribution in [0, 0.1) is 25.6 Å². The highest BCUT2D eigenvalue weighted by Crippen LogP contribution is 2.42. The molecule has 10 nitrogen and oxygen atoms in total. The van der Waals surface area contributed by atoms with Crippen molar-refractivity contribution in [2.45, 2.75) is 32.7 Å². The van der Waals surface area contributed by atoms with E-state index in [1.807, 2.05) is 34.1 Å². The average molecular weight is 552 g/mol. The summed E-state index contributed by atoms with van der Waals surface area (Å²) in [6.45, 7) is 5.14. The normalized spacial score (nSPS) is 15.2. The lowest BCUT2D eigenvalue weighted by molar-refractivity contribution is 0.0543. The molecule has 11 heteroatoms. The van der Waals surface area contributed by atoms with Crippen molar-refractivity contribution in [2.24, 2.45) is 20.0 Å². The van der Waals surface area contributed by atoms with Gasteiger partial charge in [0, 0.05) is 56.2 Å². The lowest BCUT2D eigenvalue weighted by Crippen LogP contribution is -2.28. The van der Waals surface area contributed by atoms with Gasteiger partial charge in [0.15, 0.2) is 0 Å². The Hall–Kier alpha value is -4.51. The van der Waals surface area contributed by atoms with E-state index in [4.69, 9.17) is 9.72 Å². The number of nitrogens with zero attached hydrogens (tertiary/aromatic N) is 9. The predicted molar refractivity (Wildman–Crippen MR) is 153 cm³/mol. The van der Waals surface area contributed by atoms with E-state index in [-0.39, 0.29) is 17.8 Å². The number of hydrogen-bond acceptors (Lipinski definition) is 7. The van der Waals surface area contributed by atoms with Crippen LogP contribution in [0.15, 0.2) is 48.8 Å². The lowest BCUT2D eigenvalue weighted by atomic mass is 9.88. The third-order valence-electron chi connectivity index (χ3n) is 8.23. The van der Waals surface area contributed by atoms with Crippen molar-refractivity contribution in [1.82, 2.24) is 44.5 Å². The Morgan fingerprint density at radius 1 is 0.878 bits per heavy atom. The van der Waals surface area contributed by atoms with Crippen LogP contribution in [0.3, 0.4) is 0 Å². The maximum absolute atomic E-state index is 15.6. The number of pyridine rings is 2. The molecule has 0 spiro atoms. The third kappa shape index (κ3) is 4.10. The summed E-state index contributed by atoms with van der Waals surface area (Å²) in [5.41, 5.74) is 8.46. The van der Waals surface area contributed by atoms with Crippen LogP contribution in [0.1, 0.15) is 36.0 Å². The summed E-state index contributed by atoms with van der Waals surface area (Å²) in [6, 6.07) is 11.2. The molecule has 7 rings (SSSR count). The van der Waals surface area contributed by atoms with E-state index in [1.54, 1.807) is 21.6 Å². The maximum Gasteiger partial charge on any atom is 0.146 e. The largest absolute Gasteiger partial charge is 0.381 e. The first kappa shape index (κ1) is 25.5. The zero-order valence-electron chi connectivity index (χ0n) is 23.4. The number of benzene rings is 1. The minimum Gasteiger partial charge on any atom is -0.381 e. The number of ether oxygens (including phenoxy) is 1. The molecule has 0 saturated carbocycles. The molecule has 208 valence electrons. The molecule has 1 unspecified atom stereocenters. The summed E-state index contributed by atoms with van der Waals surface area (Å²) in [5.74, 6) is -0.211. The molecule has 6 heterocycles. The standard InChI is InChI=1S/C30H30FN9O/c1-17-28(38(3)36-34-17)20-7-8-22-24(14-20)40(25-15-21(16-33-26(22)25)29-18(2)35-37-39(29)4)30(19-9-12-41-13-10-19)27-23(31)6-5-11-32-27/h5-8,11,14-16,19,30H,9-10,12-13H2,1-4H3. The second-order valence-electron chi connectivity index (χ2n) is 10.8. The first-order chi connectivity index (χ1) is 19.9. The van der Waals surface area contributed by atoms with Gasteiger partial charge in [-0.15, -0.1) is 10.2 Å². The molecule has 1 aliphatic rings. The van der Waals surface area contributed by atoms with Gasteiger partial charge in [-0.1, -0.05) is 16.5 Å². The van der Waals surface area contributed by atoms with Gasteiger partial charge in [-0.25, -0.2) is 13.8 Å². The lowest BCUT2D eigenvalue weighted by Gasteiger charge is -2.32. The second-order valence-corrected chi connectivity index (χ2v) is 10.8. The summed E-state index contributed by atoms with van der Waals surface area (Å²) < 4.78 is 27.2. The number of fused-ring (bicyclic) bond motifs is 3. The zero-order valence-corrected chi connectivity index (χ0v) is 23.4. The van der Waals surface area contributed by atoms with Crippen LogP contribution in [-0.2, 0) is 18.8 Å². The Bertz CT molecular complexity index is 1770. The molecule has 1 aromatic carbocycles. The van der Waals surface area contributed by atoms with Gasteiger partial charge in [0.05, 0.1) is 51.1 Å². The fourth-order valence-corrected chi connectivity index (χ4v) is 6.40. The van der Waals surface area contributed by atoms with Crippen molar-refractivity contribution in [1.29, 1.82) is 0 Å². The van der Waals surface area contributed by atoms with E-state index < -0.39 is 0 Å². The summed E-state index contributed by atoms with van der Waals surface area (Å²) >= 11 is 0. The molecule has 0 N–H and O–H groups in total. The number of aryl methyl sites for hydroxylation is 4. The molecule has 41 heavy (non-hydrogen) atoms. The quantitative estimate of drug-likeness (QED) is 0.299. The van der Waals surface area contributed by atoms with E-state index in [1.165, 1.54) is 6.07 Å². The van der Waals surface area contributed by atoms with Gasteiger partial charge in [0.25, 0.3) is 0 Å². The van der Waals surface area contributed by atoms with Crippen LogP contribution in [-0.4, -0.2) is 57.7 Å². The first-order valence-electron chi connectivity index (χ1n) is 13.8. The SMILES string of the molecule is Cc1nnn(C)c1-c1ccc2c3ncc(-c4c(C)nnn4C)cc3n(C(c3ncccc3F)C3CCOCC3)c2c1. The van der Waals surface area contributed by atoms with Crippen molar-refractivity contribution < 1.29 is 9.13 Å². The van der Waals surface area contributed by atoms with Gasteiger partial charge in [0.2, 0.25) is 0 Å². The molecule has 0 amide bonds. The van der Waals surface area contributed by atoms with Crippen LogP contribution in [0.25, 0.3) is 44.5 Å². The van der Waals surface area contributed by atoms with Gasteiger partial charge in [0.1, 0.15) is 5.82 Å². The Labute approximate surface area is 235 Å². The van der Waals surface area contributed by atoms with Gasteiger partial charge < -0.3 is 9.30 Å². The van der Waals surface area contributed by atoms with Crippen LogP contribution in [0.2, 0.25) is 0 Å². The van der Waals surface area contributed by atoms with E-state index in [2.05, 4.69) is 54.4 Å². The van der Waals surface area contributed by atoms with E-state index in [0.717, 1.165) is 68.7 Å². The molecule has 1 aliphatic heterocycles. The number of rotatable bonds is 5. The molecule has 0 radical (unpaired) electrons. The average Bonchev–Trinajstić information content (AvgIpc) is 3.61. The summed E-state index contributed by atoms with van der Waals surface area (Å²) in [6.07, 6.45) is 5.13. The Morgan fingerprint density at radius 2 is 1.56 bits per heavy atom. The number of halogens is 1. The Balaban J connectivity index is 1.57.